The van der Waals surface area contributed by atoms with Crippen molar-refractivity contribution in [2.24, 2.45) is 0 Å². The van der Waals surface area contributed by atoms with E-state index in [0.717, 1.165) is 0 Å². The fraction of sp³-hybridized carbons (Fsp3) is 0. The van der Waals surface area contributed by atoms with Crippen LogP contribution in [0.15, 0.2) is 24.5 Å². The average Bonchev–Trinajstić information content (AvgIpc) is 2.79. The molecule has 7 heteroatoms. The van der Waals surface area contributed by atoms with E-state index in [1.54, 1.807) is 24.5 Å². The molecule has 0 bridgehead atoms. The Morgan fingerprint density at radius 1 is 1.25 bits per heavy atom. The summed E-state index contributed by atoms with van der Waals surface area (Å²) >= 11 is 5.98. The van der Waals surface area contributed by atoms with Crippen molar-refractivity contribution >= 4 is 22.6 Å². The van der Waals surface area contributed by atoms with Crippen LogP contribution >= 0.6 is 11.6 Å². The topological polar surface area (TPSA) is 80.2 Å². The molecule has 0 saturated carbocycles. The summed E-state index contributed by atoms with van der Waals surface area (Å²) in [7, 11) is 0. The Morgan fingerprint density at radius 2 is 2.19 bits per heavy atom. The molecule has 78 valence electrons. The summed E-state index contributed by atoms with van der Waals surface area (Å²) in [6.07, 6.45) is 3.17. The minimum atomic E-state index is 0.322. The van der Waals surface area contributed by atoms with Gasteiger partial charge in [-0.25, -0.2) is 9.97 Å². The Hall–Kier alpha value is -2.08. The molecule has 0 radical (unpaired) electrons. The van der Waals surface area contributed by atoms with Gasteiger partial charge in [-0.3, -0.25) is 5.10 Å². The summed E-state index contributed by atoms with van der Waals surface area (Å²) in [6.45, 7) is 0. The number of fused-ring (bicyclic) bond motifs is 1. The van der Waals surface area contributed by atoms with Gasteiger partial charge in [0.15, 0.2) is 11.0 Å². The molecule has 3 aromatic rings. The fourth-order valence-corrected chi connectivity index (χ4v) is 1.56. The Bertz CT molecular complexity index is 635. The minimum Gasteiger partial charge on any atom is -0.273 e. The highest BCUT2D eigenvalue weighted by Gasteiger charge is 2.09. The molecule has 3 rings (SSSR count). The highest BCUT2D eigenvalue weighted by molar-refractivity contribution is 6.33. The van der Waals surface area contributed by atoms with Gasteiger partial charge in [0.25, 0.3) is 0 Å². The molecular weight excluding hydrogens is 228 g/mol. The second-order valence-corrected chi connectivity index (χ2v) is 3.44. The van der Waals surface area contributed by atoms with Gasteiger partial charge in [-0.05, 0) is 12.1 Å². The van der Waals surface area contributed by atoms with Crippen LogP contribution in [0.1, 0.15) is 0 Å². The maximum absolute atomic E-state index is 5.98. The highest BCUT2D eigenvalue weighted by atomic mass is 35.5. The lowest BCUT2D eigenvalue weighted by Crippen LogP contribution is -1.93. The van der Waals surface area contributed by atoms with E-state index < -0.39 is 0 Å². The van der Waals surface area contributed by atoms with E-state index in [1.165, 1.54) is 0 Å². The number of hydrogen-bond donors (Lipinski definition) is 1. The van der Waals surface area contributed by atoms with Gasteiger partial charge in [-0.15, -0.1) is 5.10 Å². The molecule has 1 N–H and O–H groups in total. The second-order valence-electron chi connectivity index (χ2n) is 3.08. The molecule has 6 nitrogen and oxygen atoms in total. The third kappa shape index (κ3) is 1.40. The van der Waals surface area contributed by atoms with Gasteiger partial charge >= 0.3 is 0 Å². The molecule has 0 fully saturated rings. The van der Waals surface area contributed by atoms with Crippen LogP contribution in [-0.4, -0.2) is 30.4 Å². The monoisotopic (exact) mass is 232 g/mol. The Labute approximate surface area is 94.7 Å². The number of hydrogen-bond acceptors (Lipinski definition) is 5. The number of halogens is 1. The normalized spacial score (nSPS) is 10.8. The zero-order valence-electron chi connectivity index (χ0n) is 7.92. The third-order valence-corrected chi connectivity index (χ3v) is 2.33. The van der Waals surface area contributed by atoms with Crippen molar-refractivity contribution in [3.63, 3.8) is 0 Å². The Balaban J connectivity index is 2.25. The maximum atomic E-state index is 5.98. The SMILES string of the molecule is Clc1nc(-c2cccnn2)nc2cn[nH]c12. The van der Waals surface area contributed by atoms with Gasteiger partial charge in [0.1, 0.15) is 16.7 Å². The van der Waals surface area contributed by atoms with Crippen LogP contribution in [0.25, 0.3) is 22.6 Å². The van der Waals surface area contributed by atoms with Crippen LogP contribution in [0.2, 0.25) is 5.15 Å². The van der Waals surface area contributed by atoms with Gasteiger partial charge in [-0.2, -0.15) is 10.2 Å². The average molecular weight is 233 g/mol. The van der Waals surface area contributed by atoms with Crippen molar-refractivity contribution < 1.29 is 0 Å². The van der Waals surface area contributed by atoms with E-state index in [9.17, 15) is 0 Å². The summed E-state index contributed by atoms with van der Waals surface area (Å²) in [5, 5.41) is 14.6. The smallest absolute Gasteiger partial charge is 0.182 e. The highest BCUT2D eigenvalue weighted by Crippen LogP contribution is 2.21. The molecule has 0 amide bonds. The number of rotatable bonds is 1. The largest absolute Gasteiger partial charge is 0.273 e. The standard InChI is InChI=1S/C9H5ClN6/c10-8-7-6(4-12-16-7)13-9(14-8)5-2-1-3-11-15-5/h1-4H,(H,12,16). The van der Waals surface area contributed by atoms with Crippen LogP contribution in [0.5, 0.6) is 0 Å². The molecule has 0 unspecified atom stereocenters. The van der Waals surface area contributed by atoms with E-state index >= 15 is 0 Å². The Kier molecular flexibility index (Phi) is 2.00. The van der Waals surface area contributed by atoms with Crippen molar-refractivity contribution in [1.29, 1.82) is 0 Å². The quantitative estimate of drug-likeness (QED) is 0.643. The van der Waals surface area contributed by atoms with Crippen molar-refractivity contribution in [2.75, 3.05) is 0 Å². The zero-order valence-corrected chi connectivity index (χ0v) is 8.68. The number of nitrogens with zero attached hydrogens (tertiary/aromatic N) is 5. The molecule has 0 aliphatic rings. The van der Waals surface area contributed by atoms with Crippen molar-refractivity contribution in [1.82, 2.24) is 30.4 Å². The van der Waals surface area contributed by atoms with Crippen molar-refractivity contribution in [3.05, 3.63) is 29.7 Å². The van der Waals surface area contributed by atoms with Gasteiger partial charge in [-0.1, -0.05) is 11.6 Å². The number of aromatic nitrogens is 6. The predicted molar refractivity (Wildman–Crippen MR) is 57.7 cm³/mol. The molecule has 0 spiro atoms. The van der Waals surface area contributed by atoms with Gasteiger partial charge in [0, 0.05) is 6.20 Å². The first-order chi connectivity index (χ1) is 7.84. The second kappa shape index (κ2) is 3.49. The molecule has 0 aromatic carbocycles. The minimum absolute atomic E-state index is 0.322. The van der Waals surface area contributed by atoms with Crippen LogP contribution < -0.4 is 0 Å². The summed E-state index contributed by atoms with van der Waals surface area (Å²) in [5.41, 5.74) is 1.85. The Morgan fingerprint density at radius 3 is 3.00 bits per heavy atom. The molecule has 0 aliphatic carbocycles. The molecule has 0 aliphatic heterocycles. The zero-order chi connectivity index (χ0) is 11.0. The fourth-order valence-electron chi connectivity index (χ4n) is 1.34. The maximum Gasteiger partial charge on any atom is 0.182 e. The molecule has 0 saturated heterocycles. The summed E-state index contributed by atoms with van der Waals surface area (Å²) in [5.74, 6) is 0.437. The van der Waals surface area contributed by atoms with Crippen molar-refractivity contribution in [2.45, 2.75) is 0 Å². The lowest BCUT2D eigenvalue weighted by atomic mass is 10.3. The number of nitrogens with one attached hydrogen (secondary N) is 1. The van der Waals surface area contributed by atoms with Crippen molar-refractivity contribution in [3.8, 4) is 11.5 Å². The summed E-state index contributed by atoms with van der Waals surface area (Å²) in [4.78, 5) is 8.40. The van der Waals surface area contributed by atoms with Crippen LogP contribution in [0.4, 0.5) is 0 Å². The van der Waals surface area contributed by atoms with Crippen LogP contribution in [-0.2, 0) is 0 Å². The molecular formula is C9H5ClN6. The first-order valence-electron chi connectivity index (χ1n) is 4.49. The van der Waals surface area contributed by atoms with E-state index in [4.69, 9.17) is 11.6 Å². The van der Waals surface area contributed by atoms with E-state index in [0.29, 0.717) is 27.7 Å². The first-order valence-corrected chi connectivity index (χ1v) is 4.87. The summed E-state index contributed by atoms with van der Waals surface area (Å²) < 4.78 is 0. The lowest BCUT2D eigenvalue weighted by Gasteiger charge is -1.98. The predicted octanol–water partition coefficient (Wildman–Crippen LogP) is 1.46. The molecule has 3 aromatic heterocycles. The van der Waals surface area contributed by atoms with E-state index in [2.05, 4.69) is 30.4 Å². The number of aromatic amines is 1. The van der Waals surface area contributed by atoms with Crippen LogP contribution in [0, 0.1) is 0 Å². The summed E-state index contributed by atoms with van der Waals surface area (Å²) in [6, 6.07) is 3.53. The van der Waals surface area contributed by atoms with Gasteiger partial charge < -0.3 is 0 Å². The third-order valence-electron chi connectivity index (χ3n) is 2.06. The van der Waals surface area contributed by atoms with E-state index in [-0.39, 0.29) is 0 Å². The van der Waals surface area contributed by atoms with Crippen LogP contribution in [0.3, 0.4) is 0 Å². The van der Waals surface area contributed by atoms with Gasteiger partial charge in [0.05, 0.1) is 6.20 Å². The van der Waals surface area contributed by atoms with Gasteiger partial charge in [0.2, 0.25) is 0 Å². The number of H-pyrrole nitrogens is 1. The van der Waals surface area contributed by atoms with E-state index in [1.807, 2.05) is 0 Å². The molecule has 16 heavy (non-hydrogen) atoms. The molecule has 0 atom stereocenters. The molecule has 3 heterocycles. The lowest BCUT2D eigenvalue weighted by molar-refractivity contribution is 1.02. The first kappa shape index (κ1) is 9.17.